The molecule has 4 rings (SSSR count). The molecule has 1 aliphatic heterocycles. The van der Waals surface area contributed by atoms with Crippen molar-refractivity contribution in [3.63, 3.8) is 0 Å². The predicted octanol–water partition coefficient (Wildman–Crippen LogP) is 3.05. The Kier molecular flexibility index (Phi) is 6.11. The molecule has 1 fully saturated rings. The molecule has 0 amide bonds. The molecule has 1 aliphatic rings. The van der Waals surface area contributed by atoms with Gasteiger partial charge in [0.05, 0.1) is 35.3 Å². The maximum Gasteiger partial charge on any atom is 0.340 e. The molecule has 3 heterocycles. The van der Waals surface area contributed by atoms with Crippen LogP contribution in [0.2, 0.25) is 10.0 Å². The highest BCUT2D eigenvalue weighted by atomic mass is 35.5. The van der Waals surface area contributed by atoms with Crippen molar-refractivity contribution >= 4 is 40.7 Å². The second-order valence-corrected chi connectivity index (χ2v) is 7.69. The first kappa shape index (κ1) is 21.1. The van der Waals surface area contributed by atoms with Gasteiger partial charge in [-0.15, -0.1) is 0 Å². The Morgan fingerprint density at radius 3 is 2.35 bits per heavy atom. The zero-order chi connectivity index (χ0) is 22.0. The number of piperazine rings is 1. The standard InChI is InChI=1S/C21H19Cl2N5O3/c1-31-21(30)15-4-2-3-5-16(15)28-20(29)19(23)17(13-25-28)26-8-10-27(11-9-26)18-7-6-14(22)12-24-18/h2-7,12-13H,8-11H2,1H3. The molecule has 10 heteroatoms. The lowest BCUT2D eigenvalue weighted by Crippen LogP contribution is -2.47. The third-order valence-corrected chi connectivity index (χ3v) is 5.67. The lowest BCUT2D eigenvalue weighted by atomic mass is 10.2. The van der Waals surface area contributed by atoms with E-state index >= 15 is 0 Å². The van der Waals surface area contributed by atoms with E-state index in [-0.39, 0.29) is 10.6 Å². The summed E-state index contributed by atoms with van der Waals surface area (Å²) in [5.41, 5.74) is 0.596. The number of anilines is 2. The number of nitrogens with zero attached hydrogens (tertiary/aromatic N) is 5. The molecule has 0 bridgehead atoms. The minimum absolute atomic E-state index is 0.0488. The van der Waals surface area contributed by atoms with Crippen molar-refractivity contribution in [2.24, 2.45) is 0 Å². The van der Waals surface area contributed by atoms with Gasteiger partial charge in [-0.1, -0.05) is 35.3 Å². The number of ether oxygens (including phenoxy) is 1. The molecule has 1 aromatic carbocycles. The number of benzene rings is 1. The molecule has 0 radical (unpaired) electrons. The minimum atomic E-state index is -0.559. The van der Waals surface area contributed by atoms with Crippen LogP contribution in [0.3, 0.4) is 0 Å². The summed E-state index contributed by atoms with van der Waals surface area (Å²) in [5, 5.41) is 4.92. The molecule has 0 aliphatic carbocycles. The van der Waals surface area contributed by atoms with E-state index in [2.05, 4.69) is 15.0 Å². The number of carbonyl (C=O) groups is 1. The summed E-state index contributed by atoms with van der Waals surface area (Å²) in [4.78, 5) is 33.5. The number of carbonyl (C=O) groups excluding carboxylic acids is 1. The highest BCUT2D eigenvalue weighted by molar-refractivity contribution is 6.33. The van der Waals surface area contributed by atoms with Gasteiger partial charge in [-0.2, -0.15) is 9.78 Å². The Hall–Kier alpha value is -3.10. The minimum Gasteiger partial charge on any atom is -0.465 e. The van der Waals surface area contributed by atoms with Gasteiger partial charge in [0.25, 0.3) is 5.56 Å². The maximum absolute atomic E-state index is 13.0. The third-order valence-electron chi connectivity index (χ3n) is 5.09. The van der Waals surface area contributed by atoms with Crippen molar-refractivity contribution in [3.8, 4) is 5.69 Å². The van der Waals surface area contributed by atoms with Gasteiger partial charge >= 0.3 is 5.97 Å². The Morgan fingerprint density at radius 1 is 0.968 bits per heavy atom. The average molecular weight is 460 g/mol. The first-order valence-electron chi connectivity index (χ1n) is 9.56. The Labute approximate surface area is 188 Å². The number of hydrogen-bond donors (Lipinski definition) is 0. The molecule has 1 saturated heterocycles. The number of esters is 1. The van der Waals surface area contributed by atoms with Crippen LogP contribution < -0.4 is 15.4 Å². The van der Waals surface area contributed by atoms with Crippen molar-refractivity contribution in [1.82, 2.24) is 14.8 Å². The molecule has 31 heavy (non-hydrogen) atoms. The Balaban J connectivity index is 1.57. The normalized spacial score (nSPS) is 13.9. The molecule has 0 N–H and O–H groups in total. The summed E-state index contributed by atoms with van der Waals surface area (Å²) in [6.45, 7) is 2.71. The fraction of sp³-hybridized carbons (Fsp3) is 0.238. The topological polar surface area (TPSA) is 80.6 Å². The molecular formula is C21H19Cl2N5O3. The van der Waals surface area contributed by atoms with Crippen molar-refractivity contribution < 1.29 is 9.53 Å². The smallest absolute Gasteiger partial charge is 0.340 e. The monoisotopic (exact) mass is 459 g/mol. The molecule has 2 aromatic heterocycles. The highest BCUT2D eigenvalue weighted by Crippen LogP contribution is 2.25. The van der Waals surface area contributed by atoms with Gasteiger partial charge in [0.15, 0.2) is 0 Å². The van der Waals surface area contributed by atoms with Gasteiger partial charge in [0.2, 0.25) is 0 Å². The fourth-order valence-corrected chi connectivity index (χ4v) is 3.85. The number of aromatic nitrogens is 3. The number of rotatable bonds is 4. The number of pyridine rings is 1. The molecule has 160 valence electrons. The fourth-order valence-electron chi connectivity index (χ4n) is 3.49. The van der Waals surface area contributed by atoms with E-state index in [0.717, 1.165) is 10.5 Å². The number of methoxy groups -OCH3 is 1. The van der Waals surface area contributed by atoms with Crippen LogP contribution in [0.1, 0.15) is 10.4 Å². The van der Waals surface area contributed by atoms with Gasteiger partial charge in [0, 0.05) is 32.4 Å². The van der Waals surface area contributed by atoms with Crippen LogP contribution >= 0.6 is 23.2 Å². The van der Waals surface area contributed by atoms with Gasteiger partial charge in [0.1, 0.15) is 10.8 Å². The lowest BCUT2D eigenvalue weighted by molar-refractivity contribution is 0.0600. The van der Waals surface area contributed by atoms with Gasteiger partial charge in [-0.3, -0.25) is 4.79 Å². The van der Waals surface area contributed by atoms with Crippen molar-refractivity contribution in [1.29, 1.82) is 0 Å². The summed E-state index contributed by atoms with van der Waals surface area (Å²) in [5.74, 6) is 0.291. The zero-order valence-corrected chi connectivity index (χ0v) is 18.2. The van der Waals surface area contributed by atoms with E-state index < -0.39 is 11.5 Å². The first-order chi connectivity index (χ1) is 15.0. The molecule has 3 aromatic rings. The molecule has 0 atom stereocenters. The second-order valence-electron chi connectivity index (χ2n) is 6.88. The molecule has 0 saturated carbocycles. The van der Waals surface area contributed by atoms with Gasteiger partial charge < -0.3 is 14.5 Å². The SMILES string of the molecule is COC(=O)c1ccccc1-n1ncc(N2CCN(c3ccc(Cl)cn3)CC2)c(Cl)c1=O. The van der Waals surface area contributed by atoms with Crippen LogP contribution in [0.4, 0.5) is 11.5 Å². The van der Waals surface area contributed by atoms with Gasteiger partial charge in [-0.25, -0.2) is 9.78 Å². The number of halogens is 2. The molecular weight excluding hydrogens is 441 g/mol. The van der Waals surface area contributed by atoms with Crippen LogP contribution in [0, 0.1) is 0 Å². The summed E-state index contributed by atoms with van der Waals surface area (Å²) in [7, 11) is 1.28. The van der Waals surface area contributed by atoms with Crippen molar-refractivity contribution in [2.45, 2.75) is 0 Å². The highest BCUT2D eigenvalue weighted by Gasteiger charge is 2.23. The summed E-state index contributed by atoms with van der Waals surface area (Å²) in [6.07, 6.45) is 3.17. The summed E-state index contributed by atoms with van der Waals surface area (Å²) in [6, 6.07) is 10.3. The Bertz CT molecular complexity index is 1160. The summed E-state index contributed by atoms with van der Waals surface area (Å²) < 4.78 is 5.92. The quantitative estimate of drug-likeness (QED) is 0.554. The first-order valence-corrected chi connectivity index (χ1v) is 10.3. The van der Waals surface area contributed by atoms with Crippen LogP contribution in [0.25, 0.3) is 5.69 Å². The molecule has 0 unspecified atom stereocenters. The zero-order valence-electron chi connectivity index (χ0n) is 16.7. The van der Waals surface area contributed by atoms with E-state index in [1.807, 2.05) is 17.0 Å². The Morgan fingerprint density at radius 2 is 1.68 bits per heavy atom. The largest absolute Gasteiger partial charge is 0.465 e. The number of hydrogen-bond acceptors (Lipinski definition) is 7. The van der Waals surface area contributed by atoms with E-state index in [1.165, 1.54) is 7.11 Å². The van der Waals surface area contributed by atoms with E-state index in [4.69, 9.17) is 27.9 Å². The second kappa shape index (κ2) is 8.95. The van der Waals surface area contributed by atoms with Crippen LogP contribution in [-0.4, -0.2) is 54.0 Å². The van der Waals surface area contributed by atoms with E-state index in [9.17, 15) is 9.59 Å². The number of para-hydroxylation sites is 1. The van der Waals surface area contributed by atoms with Crippen molar-refractivity contribution in [3.05, 3.63) is 74.8 Å². The van der Waals surface area contributed by atoms with Crippen molar-refractivity contribution in [2.75, 3.05) is 43.1 Å². The molecule has 0 spiro atoms. The average Bonchev–Trinajstić information content (AvgIpc) is 2.81. The summed E-state index contributed by atoms with van der Waals surface area (Å²) >= 11 is 12.4. The third kappa shape index (κ3) is 4.22. The maximum atomic E-state index is 13.0. The van der Waals surface area contributed by atoms with E-state index in [1.54, 1.807) is 36.7 Å². The van der Waals surface area contributed by atoms with E-state index in [0.29, 0.717) is 42.6 Å². The predicted molar refractivity (Wildman–Crippen MR) is 120 cm³/mol. The van der Waals surface area contributed by atoms with Crippen LogP contribution in [0.15, 0.2) is 53.6 Å². The lowest BCUT2D eigenvalue weighted by Gasteiger charge is -2.36. The molecule has 8 nitrogen and oxygen atoms in total. The van der Waals surface area contributed by atoms with Crippen LogP contribution in [-0.2, 0) is 4.74 Å². The van der Waals surface area contributed by atoms with Gasteiger partial charge in [-0.05, 0) is 24.3 Å². The van der Waals surface area contributed by atoms with Crippen LogP contribution in [0.5, 0.6) is 0 Å².